The van der Waals surface area contributed by atoms with Gasteiger partial charge in [-0.2, -0.15) is 0 Å². The van der Waals surface area contributed by atoms with Crippen LogP contribution in [0.15, 0.2) is 30.5 Å². The summed E-state index contributed by atoms with van der Waals surface area (Å²) >= 11 is 0. The maximum Gasteiger partial charge on any atom is 0.135 e. The van der Waals surface area contributed by atoms with E-state index >= 15 is 0 Å². The summed E-state index contributed by atoms with van der Waals surface area (Å²) in [5.74, 6) is 1.70. The van der Waals surface area contributed by atoms with Crippen molar-refractivity contribution in [2.45, 2.75) is 60.2 Å². The van der Waals surface area contributed by atoms with Crippen molar-refractivity contribution in [1.82, 2.24) is 4.98 Å². The summed E-state index contributed by atoms with van der Waals surface area (Å²) in [5.41, 5.74) is 3.86. The van der Waals surface area contributed by atoms with Gasteiger partial charge in [0.15, 0.2) is 0 Å². The highest BCUT2D eigenvalue weighted by Crippen LogP contribution is 2.39. The minimum Gasteiger partial charge on any atom is -0.490 e. The predicted octanol–water partition coefficient (Wildman–Crippen LogP) is 5.33. The first-order valence-electron chi connectivity index (χ1n) is 8.09. The van der Waals surface area contributed by atoms with Gasteiger partial charge < -0.3 is 9.47 Å². The molecule has 0 spiro atoms. The Morgan fingerprint density at radius 3 is 2.30 bits per heavy atom. The van der Waals surface area contributed by atoms with E-state index in [1.165, 1.54) is 5.56 Å². The normalized spacial score (nSPS) is 11.7. The fourth-order valence-electron chi connectivity index (χ4n) is 2.39. The third kappa shape index (κ3) is 4.47. The maximum absolute atomic E-state index is 6.11. The molecule has 124 valence electrons. The van der Waals surface area contributed by atoms with Gasteiger partial charge in [-0.3, -0.25) is 4.98 Å². The fourth-order valence-corrected chi connectivity index (χ4v) is 2.39. The number of pyridine rings is 1. The Morgan fingerprint density at radius 2 is 1.74 bits per heavy atom. The van der Waals surface area contributed by atoms with Crippen molar-refractivity contribution in [3.05, 3.63) is 41.6 Å². The zero-order valence-corrected chi connectivity index (χ0v) is 15.2. The van der Waals surface area contributed by atoms with Crippen molar-refractivity contribution < 1.29 is 9.47 Å². The first-order valence-corrected chi connectivity index (χ1v) is 8.09. The summed E-state index contributed by atoms with van der Waals surface area (Å²) in [6.45, 7) is 14.3. The smallest absolute Gasteiger partial charge is 0.135 e. The number of aromatic nitrogens is 1. The number of ether oxygens (including phenoxy) is 2. The largest absolute Gasteiger partial charge is 0.490 e. The lowest BCUT2D eigenvalue weighted by Crippen LogP contribution is -2.23. The molecule has 0 saturated carbocycles. The maximum atomic E-state index is 6.11. The van der Waals surface area contributed by atoms with Crippen LogP contribution >= 0.6 is 0 Å². The molecule has 0 saturated heterocycles. The van der Waals surface area contributed by atoms with Crippen molar-refractivity contribution >= 4 is 0 Å². The molecule has 3 nitrogen and oxygen atoms in total. The van der Waals surface area contributed by atoms with Gasteiger partial charge >= 0.3 is 0 Å². The Balaban J connectivity index is 2.56. The van der Waals surface area contributed by atoms with Crippen molar-refractivity contribution in [2.24, 2.45) is 0 Å². The predicted molar refractivity (Wildman–Crippen MR) is 95.3 cm³/mol. The van der Waals surface area contributed by atoms with E-state index in [-0.39, 0.29) is 11.7 Å². The highest BCUT2D eigenvalue weighted by atomic mass is 16.5. The van der Waals surface area contributed by atoms with E-state index in [9.17, 15) is 0 Å². The van der Waals surface area contributed by atoms with Crippen LogP contribution in [0.1, 0.15) is 45.7 Å². The van der Waals surface area contributed by atoms with E-state index < -0.39 is 0 Å². The summed E-state index contributed by atoms with van der Waals surface area (Å²) in [5, 5.41) is 0. The zero-order valence-electron chi connectivity index (χ0n) is 15.2. The Morgan fingerprint density at radius 1 is 1.04 bits per heavy atom. The lowest BCUT2D eigenvalue weighted by Gasteiger charge is -2.25. The lowest BCUT2D eigenvalue weighted by atomic mass is 10.0. The van der Waals surface area contributed by atoms with Crippen LogP contribution in [0.4, 0.5) is 0 Å². The first-order chi connectivity index (χ1) is 10.7. The van der Waals surface area contributed by atoms with E-state index in [1.54, 1.807) is 0 Å². The monoisotopic (exact) mass is 313 g/mol. The molecule has 23 heavy (non-hydrogen) atoms. The molecule has 0 radical (unpaired) electrons. The van der Waals surface area contributed by atoms with Gasteiger partial charge in [0, 0.05) is 17.3 Å². The molecule has 0 aliphatic carbocycles. The average molecular weight is 313 g/mol. The van der Waals surface area contributed by atoms with Gasteiger partial charge in [0.1, 0.15) is 17.1 Å². The standard InChI is InChI=1S/C20H27NO2/c1-13(2)22-19-15(4)18(23-20(5,6)7)9-8-16(19)17-12-14(3)10-11-21-17/h8-13H,1-7H3. The van der Waals surface area contributed by atoms with Crippen molar-refractivity contribution in [1.29, 1.82) is 0 Å². The van der Waals surface area contributed by atoms with Crippen LogP contribution in [-0.4, -0.2) is 16.7 Å². The molecule has 0 N–H and O–H groups in total. The molecule has 0 bridgehead atoms. The third-order valence-electron chi connectivity index (χ3n) is 3.32. The topological polar surface area (TPSA) is 31.4 Å². The zero-order chi connectivity index (χ0) is 17.2. The summed E-state index contributed by atoms with van der Waals surface area (Å²) in [6, 6.07) is 8.11. The highest BCUT2D eigenvalue weighted by molar-refractivity contribution is 5.71. The van der Waals surface area contributed by atoms with Gasteiger partial charge in [-0.1, -0.05) is 0 Å². The molecule has 1 aromatic carbocycles. The van der Waals surface area contributed by atoms with Crippen molar-refractivity contribution in [2.75, 3.05) is 0 Å². The molecule has 2 rings (SSSR count). The molecule has 0 fully saturated rings. The lowest BCUT2D eigenvalue weighted by molar-refractivity contribution is 0.128. The number of nitrogens with zero attached hydrogens (tertiary/aromatic N) is 1. The van der Waals surface area contributed by atoms with Gasteiger partial charge in [0.25, 0.3) is 0 Å². The Labute approximate surface area is 139 Å². The summed E-state index contributed by atoms with van der Waals surface area (Å²) < 4.78 is 12.2. The van der Waals surface area contributed by atoms with Crippen LogP contribution < -0.4 is 9.47 Å². The third-order valence-corrected chi connectivity index (χ3v) is 3.32. The summed E-state index contributed by atoms with van der Waals surface area (Å²) in [4.78, 5) is 4.50. The van der Waals surface area contributed by atoms with Gasteiger partial charge in [0.2, 0.25) is 0 Å². The molecule has 1 heterocycles. The van der Waals surface area contributed by atoms with Crippen LogP contribution in [0, 0.1) is 13.8 Å². The van der Waals surface area contributed by atoms with E-state index in [0.29, 0.717) is 0 Å². The molecule has 0 aliphatic heterocycles. The molecule has 0 unspecified atom stereocenters. The number of hydrogen-bond acceptors (Lipinski definition) is 3. The molecule has 0 amide bonds. The van der Waals surface area contributed by atoms with Gasteiger partial charge in [-0.25, -0.2) is 0 Å². The number of benzene rings is 1. The van der Waals surface area contributed by atoms with Crippen LogP contribution in [0.2, 0.25) is 0 Å². The molecule has 0 aliphatic rings. The van der Waals surface area contributed by atoms with Crippen LogP contribution in [0.3, 0.4) is 0 Å². The minimum atomic E-state index is -0.247. The quantitative estimate of drug-likeness (QED) is 0.764. The molecular weight excluding hydrogens is 286 g/mol. The Hall–Kier alpha value is -2.03. The second kappa shape index (κ2) is 6.61. The van der Waals surface area contributed by atoms with Crippen molar-refractivity contribution in [3.63, 3.8) is 0 Å². The number of aryl methyl sites for hydroxylation is 1. The van der Waals surface area contributed by atoms with Crippen LogP contribution in [0.25, 0.3) is 11.3 Å². The van der Waals surface area contributed by atoms with E-state index in [4.69, 9.17) is 9.47 Å². The molecule has 1 aromatic heterocycles. The Kier molecular flexibility index (Phi) is 4.98. The van der Waals surface area contributed by atoms with Crippen LogP contribution in [-0.2, 0) is 0 Å². The second-order valence-corrected chi connectivity index (χ2v) is 7.16. The first kappa shape index (κ1) is 17.3. The van der Waals surface area contributed by atoms with Crippen molar-refractivity contribution in [3.8, 4) is 22.8 Å². The van der Waals surface area contributed by atoms with E-state index in [0.717, 1.165) is 28.3 Å². The average Bonchev–Trinajstić information content (AvgIpc) is 2.41. The van der Waals surface area contributed by atoms with E-state index in [2.05, 4.69) is 18.0 Å². The van der Waals surface area contributed by atoms with Gasteiger partial charge in [-0.05, 0) is 78.3 Å². The second-order valence-electron chi connectivity index (χ2n) is 7.16. The highest BCUT2D eigenvalue weighted by Gasteiger charge is 2.19. The molecular formula is C20H27NO2. The van der Waals surface area contributed by atoms with Gasteiger partial charge in [-0.15, -0.1) is 0 Å². The molecule has 3 heteroatoms. The van der Waals surface area contributed by atoms with E-state index in [1.807, 2.05) is 65.9 Å². The number of hydrogen-bond donors (Lipinski definition) is 0. The fraction of sp³-hybridized carbons (Fsp3) is 0.450. The Bertz CT molecular complexity index is 685. The SMILES string of the molecule is Cc1ccnc(-c2ccc(OC(C)(C)C)c(C)c2OC(C)C)c1. The summed E-state index contributed by atoms with van der Waals surface area (Å²) in [7, 11) is 0. The number of rotatable bonds is 4. The van der Waals surface area contributed by atoms with Gasteiger partial charge in [0.05, 0.1) is 11.8 Å². The molecule has 0 atom stereocenters. The summed E-state index contributed by atoms with van der Waals surface area (Å²) in [6.07, 6.45) is 1.92. The molecule has 2 aromatic rings. The minimum absolute atomic E-state index is 0.0853. The van der Waals surface area contributed by atoms with Crippen LogP contribution in [0.5, 0.6) is 11.5 Å².